The van der Waals surface area contributed by atoms with Crippen LogP contribution in [-0.4, -0.2) is 40.9 Å². The summed E-state index contributed by atoms with van der Waals surface area (Å²) in [5.74, 6) is 0.978. The normalized spacial score (nSPS) is 23.3. The van der Waals surface area contributed by atoms with Crippen LogP contribution >= 0.6 is 0 Å². The van der Waals surface area contributed by atoms with Gasteiger partial charge in [-0.3, -0.25) is 9.78 Å². The highest BCUT2D eigenvalue weighted by Crippen LogP contribution is 2.43. The second-order valence-corrected chi connectivity index (χ2v) is 6.18. The monoisotopic (exact) mass is 299 g/mol. The van der Waals surface area contributed by atoms with Crippen molar-refractivity contribution >= 4 is 11.7 Å². The molecule has 2 fully saturated rings. The van der Waals surface area contributed by atoms with E-state index >= 15 is 0 Å². The van der Waals surface area contributed by atoms with Crippen molar-refractivity contribution in [2.24, 2.45) is 5.41 Å². The molecular weight excluding hydrogens is 278 g/mol. The maximum atomic E-state index is 12.7. The molecule has 0 aromatic carbocycles. The molecule has 1 saturated heterocycles. The zero-order valence-electron chi connectivity index (χ0n) is 12.9. The van der Waals surface area contributed by atoms with E-state index < -0.39 is 5.41 Å². The van der Waals surface area contributed by atoms with E-state index in [1.54, 1.807) is 12.4 Å². The first-order valence-electron chi connectivity index (χ1n) is 7.89. The van der Waals surface area contributed by atoms with Gasteiger partial charge in [0.2, 0.25) is 5.91 Å². The van der Waals surface area contributed by atoms with E-state index in [0.29, 0.717) is 19.4 Å². The smallest absolute Gasteiger partial charge is 0.243 e. The van der Waals surface area contributed by atoms with Gasteiger partial charge in [0.15, 0.2) is 0 Å². The van der Waals surface area contributed by atoms with Gasteiger partial charge in [-0.25, -0.2) is 4.98 Å². The molecule has 116 valence electrons. The van der Waals surface area contributed by atoms with E-state index in [9.17, 15) is 10.1 Å². The number of aromatic nitrogens is 2. The summed E-state index contributed by atoms with van der Waals surface area (Å²) < 4.78 is 0. The maximum absolute atomic E-state index is 12.7. The van der Waals surface area contributed by atoms with Gasteiger partial charge in [0.25, 0.3) is 0 Å². The molecule has 6 heteroatoms. The van der Waals surface area contributed by atoms with Gasteiger partial charge in [-0.1, -0.05) is 0 Å². The predicted octanol–water partition coefficient (Wildman–Crippen LogP) is 1.92. The summed E-state index contributed by atoms with van der Waals surface area (Å²) in [6.45, 7) is 1.38. The first-order valence-corrected chi connectivity index (χ1v) is 7.89. The van der Waals surface area contributed by atoms with E-state index in [-0.39, 0.29) is 11.8 Å². The van der Waals surface area contributed by atoms with E-state index in [1.165, 1.54) is 0 Å². The van der Waals surface area contributed by atoms with Crippen molar-refractivity contribution in [3.8, 4) is 6.07 Å². The minimum Gasteiger partial charge on any atom is -0.372 e. The highest BCUT2D eigenvalue weighted by atomic mass is 16.2. The predicted molar refractivity (Wildman–Crippen MR) is 82.0 cm³/mol. The summed E-state index contributed by atoms with van der Waals surface area (Å²) in [5, 5.41) is 12.4. The Labute approximate surface area is 130 Å². The number of piperidine rings is 1. The molecule has 22 heavy (non-hydrogen) atoms. The third-order valence-electron chi connectivity index (χ3n) is 4.89. The van der Waals surface area contributed by atoms with Gasteiger partial charge < -0.3 is 10.2 Å². The minimum atomic E-state index is -0.754. The van der Waals surface area contributed by atoms with Crippen molar-refractivity contribution in [2.75, 3.05) is 25.5 Å². The Morgan fingerprint density at radius 1 is 1.41 bits per heavy atom. The summed E-state index contributed by atoms with van der Waals surface area (Å²) in [4.78, 5) is 23.3. The Morgan fingerprint density at radius 2 is 2.18 bits per heavy atom. The highest BCUT2D eigenvalue weighted by molar-refractivity contribution is 5.86. The van der Waals surface area contributed by atoms with Gasteiger partial charge in [0, 0.05) is 38.4 Å². The number of nitriles is 1. The molecule has 6 nitrogen and oxygen atoms in total. The topological polar surface area (TPSA) is 81.9 Å². The number of likely N-dealkylation sites (tertiary alicyclic amines) is 1. The molecule has 1 saturated carbocycles. The number of hydrogen-bond donors (Lipinski definition) is 1. The molecule has 2 aliphatic rings. The number of hydrogen-bond acceptors (Lipinski definition) is 5. The second-order valence-electron chi connectivity index (χ2n) is 6.18. The Kier molecular flexibility index (Phi) is 3.97. The van der Waals surface area contributed by atoms with Crippen LogP contribution in [0, 0.1) is 16.7 Å². The number of rotatable bonds is 3. The quantitative estimate of drug-likeness (QED) is 0.922. The lowest BCUT2D eigenvalue weighted by atomic mass is 9.68. The average Bonchev–Trinajstić information content (AvgIpc) is 2.54. The van der Waals surface area contributed by atoms with Crippen molar-refractivity contribution in [2.45, 2.75) is 38.0 Å². The number of carbonyl (C=O) groups excluding carboxylic acids is 1. The Bertz CT molecular complexity index is 605. The summed E-state index contributed by atoms with van der Waals surface area (Å²) in [6, 6.07) is 2.26. The molecule has 3 rings (SSSR count). The van der Waals surface area contributed by atoms with Crippen LogP contribution in [-0.2, 0) is 4.79 Å². The molecule has 1 aliphatic carbocycles. The maximum Gasteiger partial charge on any atom is 0.243 e. The zero-order chi connectivity index (χ0) is 15.6. The van der Waals surface area contributed by atoms with Crippen molar-refractivity contribution in [3.63, 3.8) is 0 Å². The molecule has 1 aliphatic heterocycles. The molecule has 1 N–H and O–H groups in total. The molecule has 0 spiro atoms. The van der Waals surface area contributed by atoms with Crippen LogP contribution in [0.3, 0.4) is 0 Å². The van der Waals surface area contributed by atoms with Gasteiger partial charge >= 0.3 is 0 Å². The fourth-order valence-electron chi connectivity index (χ4n) is 3.43. The molecule has 1 atom stereocenters. The fourth-order valence-corrected chi connectivity index (χ4v) is 3.43. The van der Waals surface area contributed by atoms with E-state index in [4.69, 9.17) is 0 Å². The SMILES string of the molecule is CNc1nccnc1C1CCCN(C(=O)C2(C#N)CCC2)C1. The van der Waals surface area contributed by atoms with Crippen LogP contribution in [0.5, 0.6) is 0 Å². The molecule has 1 amide bonds. The van der Waals surface area contributed by atoms with Gasteiger partial charge in [0.05, 0.1) is 11.8 Å². The minimum absolute atomic E-state index is 0.0147. The van der Waals surface area contributed by atoms with Crippen LogP contribution in [0.1, 0.15) is 43.7 Å². The fraction of sp³-hybridized carbons (Fsp3) is 0.625. The van der Waals surface area contributed by atoms with Crippen molar-refractivity contribution in [1.82, 2.24) is 14.9 Å². The number of nitrogens with zero attached hydrogens (tertiary/aromatic N) is 4. The summed E-state index contributed by atoms with van der Waals surface area (Å²) >= 11 is 0. The number of anilines is 1. The summed E-state index contributed by atoms with van der Waals surface area (Å²) in [6.07, 6.45) is 7.69. The van der Waals surface area contributed by atoms with Crippen LogP contribution in [0.15, 0.2) is 12.4 Å². The van der Waals surface area contributed by atoms with Gasteiger partial charge in [-0.2, -0.15) is 5.26 Å². The number of amides is 1. The van der Waals surface area contributed by atoms with Crippen LogP contribution in [0.4, 0.5) is 5.82 Å². The highest BCUT2D eigenvalue weighted by Gasteiger charge is 2.47. The van der Waals surface area contributed by atoms with Crippen molar-refractivity contribution < 1.29 is 4.79 Å². The lowest BCUT2D eigenvalue weighted by Gasteiger charge is -2.41. The van der Waals surface area contributed by atoms with E-state index in [1.807, 2.05) is 11.9 Å². The van der Waals surface area contributed by atoms with E-state index in [0.717, 1.165) is 37.3 Å². The molecular formula is C16H21N5O. The van der Waals surface area contributed by atoms with Crippen molar-refractivity contribution in [1.29, 1.82) is 5.26 Å². The Balaban J connectivity index is 1.77. The molecule has 0 radical (unpaired) electrons. The van der Waals surface area contributed by atoms with Gasteiger partial charge in [0.1, 0.15) is 11.2 Å². The number of carbonyl (C=O) groups is 1. The van der Waals surface area contributed by atoms with Crippen molar-refractivity contribution in [3.05, 3.63) is 18.1 Å². The first-order chi connectivity index (χ1) is 10.7. The lowest BCUT2D eigenvalue weighted by molar-refractivity contribution is -0.144. The molecule has 1 aromatic heterocycles. The molecule has 1 aromatic rings. The molecule has 0 bridgehead atoms. The Hall–Kier alpha value is -2.16. The van der Waals surface area contributed by atoms with Crippen LogP contribution in [0.25, 0.3) is 0 Å². The second kappa shape index (κ2) is 5.91. The average molecular weight is 299 g/mol. The first kappa shape index (κ1) is 14.8. The molecule has 2 heterocycles. The summed E-state index contributed by atoms with van der Waals surface area (Å²) in [5.41, 5.74) is 0.165. The Morgan fingerprint density at radius 3 is 2.82 bits per heavy atom. The van der Waals surface area contributed by atoms with Gasteiger partial charge in [-0.15, -0.1) is 0 Å². The third-order valence-corrected chi connectivity index (χ3v) is 4.89. The van der Waals surface area contributed by atoms with E-state index in [2.05, 4.69) is 21.4 Å². The lowest BCUT2D eigenvalue weighted by Crippen LogP contribution is -2.50. The van der Waals surface area contributed by atoms with Gasteiger partial charge in [-0.05, 0) is 32.1 Å². The third kappa shape index (κ3) is 2.41. The van der Waals surface area contributed by atoms with Crippen LogP contribution < -0.4 is 5.32 Å². The largest absolute Gasteiger partial charge is 0.372 e. The van der Waals surface area contributed by atoms with Crippen LogP contribution in [0.2, 0.25) is 0 Å². The zero-order valence-corrected chi connectivity index (χ0v) is 12.9. The summed E-state index contributed by atoms with van der Waals surface area (Å²) in [7, 11) is 1.83. The molecule has 1 unspecified atom stereocenters. The standard InChI is InChI=1S/C16H21N5O/c1-18-14-13(19-7-8-20-14)12-4-2-9-21(10-12)15(22)16(11-17)5-3-6-16/h7-8,12H,2-6,9-10H2,1H3,(H,18,20). The number of nitrogens with one attached hydrogen (secondary N) is 1.